The van der Waals surface area contributed by atoms with E-state index in [0.717, 1.165) is 11.1 Å². The fourth-order valence-corrected chi connectivity index (χ4v) is 4.55. The quantitative estimate of drug-likeness (QED) is 0.371. The summed E-state index contributed by atoms with van der Waals surface area (Å²) in [6.45, 7) is 4.54. The first-order valence-electron chi connectivity index (χ1n) is 10.7. The number of amides is 1. The fraction of sp³-hybridized carbons (Fsp3) is 0.185. The predicted octanol–water partition coefficient (Wildman–Crippen LogP) is 6.32. The van der Waals surface area contributed by atoms with E-state index < -0.39 is 6.04 Å². The summed E-state index contributed by atoms with van der Waals surface area (Å²) >= 11 is 6.40. The second-order valence-electron chi connectivity index (χ2n) is 8.42. The maximum atomic E-state index is 13.5. The highest BCUT2D eigenvalue weighted by Gasteiger charge is 2.42. The van der Waals surface area contributed by atoms with Crippen molar-refractivity contribution < 1.29 is 9.21 Å². The van der Waals surface area contributed by atoms with Crippen LogP contribution >= 0.6 is 11.6 Å². The summed E-state index contributed by atoms with van der Waals surface area (Å²) in [4.78, 5) is 28.7. The summed E-state index contributed by atoms with van der Waals surface area (Å²) in [5, 5.41) is 1.05. The number of benzene rings is 3. The molecule has 0 bridgehead atoms. The summed E-state index contributed by atoms with van der Waals surface area (Å²) in [6, 6.07) is 22.0. The lowest BCUT2D eigenvalue weighted by atomic mass is 9.95. The van der Waals surface area contributed by atoms with Crippen LogP contribution in [-0.2, 0) is 6.54 Å². The second kappa shape index (κ2) is 7.95. The molecule has 1 atom stereocenters. The Morgan fingerprint density at radius 2 is 1.62 bits per heavy atom. The summed E-state index contributed by atoms with van der Waals surface area (Å²) < 4.78 is 5.99. The van der Waals surface area contributed by atoms with Crippen molar-refractivity contribution in [3.8, 4) is 0 Å². The SMILES string of the molecule is CC(C)c1ccc(C2c3c(oc4ccccc4c3=O)C(=O)N2Cc2ccccc2Cl)cc1. The van der Waals surface area contributed by atoms with Crippen LogP contribution in [0, 0.1) is 0 Å². The monoisotopic (exact) mass is 443 g/mol. The van der Waals surface area contributed by atoms with Crippen molar-refractivity contribution in [3.63, 3.8) is 0 Å². The van der Waals surface area contributed by atoms with E-state index in [1.54, 1.807) is 35.2 Å². The molecule has 0 spiro atoms. The van der Waals surface area contributed by atoms with Crippen LogP contribution in [0.25, 0.3) is 11.0 Å². The molecule has 1 aliphatic rings. The summed E-state index contributed by atoms with van der Waals surface area (Å²) in [7, 11) is 0. The van der Waals surface area contributed by atoms with Gasteiger partial charge in [-0.2, -0.15) is 0 Å². The molecule has 4 nitrogen and oxygen atoms in total. The minimum atomic E-state index is -0.546. The van der Waals surface area contributed by atoms with Gasteiger partial charge in [0.25, 0.3) is 5.91 Å². The first-order chi connectivity index (χ1) is 15.5. The van der Waals surface area contributed by atoms with Crippen LogP contribution in [0.5, 0.6) is 0 Å². The van der Waals surface area contributed by atoms with Crippen molar-refractivity contribution in [3.05, 3.63) is 116 Å². The van der Waals surface area contributed by atoms with Gasteiger partial charge in [0, 0.05) is 11.6 Å². The van der Waals surface area contributed by atoms with E-state index in [2.05, 4.69) is 26.0 Å². The Kier molecular flexibility index (Phi) is 5.10. The molecule has 32 heavy (non-hydrogen) atoms. The van der Waals surface area contributed by atoms with Crippen molar-refractivity contribution in [2.45, 2.75) is 32.4 Å². The van der Waals surface area contributed by atoms with Gasteiger partial charge in [-0.1, -0.05) is 80.0 Å². The predicted molar refractivity (Wildman–Crippen MR) is 126 cm³/mol. The molecule has 3 aromatic carbocycles. The molecule has 0 N–H and O–H groups in total. The largest absolute Gasteiger partial charge is 0.450 e. The molecule has 5 heteroatoms. The molecular formula is C27H22ClNO3. The molecule has 0 radical (unpaired) electrons. The number of nitrogens with zero attached hydrogens (tertiary/aromatic N) is 1. The zero-order valence-corrected chi connectivity index (χ0v) is 18.6. The Bertz CT molecular complexity index is 1390. The van der Waals surface area contributed by atoms with Gasteiger partial charge in [-0.05, 0) is 40.8 Å². The number of carbonyl (C=O) groups excluding carboxylic acids is 1. The minimum Gasteiger partial charge on any atom is -0.450 e. The number of halogens is 1. The van der Waals surface area contributed by atoms with Gasteiger partial charge in [-0.25, -0.2) is 0 Å². The lowest BCUT2D eigenvalue weighted by Crippen LogP contribution is -2.29. The minimum absolute atomic E-state index is 0.110. The molecule has 5 rings (SSSR count). The second-order valence-corrected chi connectivity index (χ2v) is 8.83. The van der Waals surface area contributed by atoms with E-state index in [4.69, 9.17) is 16.0 Å². The fourth-order valence-electron chi connectivity index (χ4n) is 4.35. The number of hydrogen-bond donors (Lipinski definition) is 0. The Hall–Kier alpha value is -3.37. The van der Waals surface area contributed by atoms with Crippen LogP contribution in [-0.4, -0.2) is 10.8 Å². The Morgan fingerprint density at radius 3 is 2.34 bits per heavy atom. The molecule has 0 aliphatic carbocycles. The molecule has 0 saturated carbocycles. The Morgan fingerprint density at radius 1 is 0.938 bits per heavy atom. The molecule has 0 fully saturated rings. The number of carbonyl (C=O) groups is 1. The van der Waals surface area contributed by atoms with Gasteiger partial charge in [-0.3, -0.25) is 9.59 Å². The van der Waals surface area contributed by atoms with E-state index in [1.165, 1.54) is 5.56 Å². The summed E-state index contributed by atoms with van der Waals surface area (Å²) in [5.41, 5.74) is 3.51. The molecule has 1 unspecified atom stereocenters. The molecule has 160 valence electrons. The molecule has 0 saturated heterocycles. The average molecular weight is 444 g/mol. The number of hydrogen-bond acceptors (Lipinski definition) is 3. The number of fused-ring (bicyclic) bond motifs is 2. The van der Waals surface area contributed by atoms with Crippen LogP contribution in [0.15, 0.2) is 82.0 Å². The summed E-state index contributed by atoms with van der Waals surface area (Å²) in [6.07, 6.45) is 0. The highest BCUT2D eigenvalue weighted by molar-refractivity contribution is 6.31. The Balaban J connectivity index is 1.71. The summed E-state index contributed by atoms with van der Waals surface area (Å²) in [5.74, 6) is 0.189. The third-order valence-corrected chi connectivity index (χ3v) is 6.46. The van der Waals surface area contributed by atoms with E-state index in [-0.39, 0.29) is 23.6 Å². The third-order valence-electron chi connectivity index (χ3n) is 6.09. The van der Waals surface area contributed by atoms with Crippen molar-refractivity contribution in [1.82, 2.24) is 4.90 Å². The van der Waals surface area contributed by atoms with E-state index in [9.17, 15) is 9.59 Å². The van der Waals surface area contributed by atoms with Crippen LogP contribution in [0.4, 0.5) is 0 Å². The van der Waals surface area contributed by atoms with Gasteiger partial charge in [-0.15, -0.1) is 0 Å². The van der Waals surface area contributed by atoms with Crippen LogP contribution < -0.4 is 5.43 Å². The van der Waals surface area contributed by atoms with Gasteiger partial charge in [0.2, 0.25) is 5.76 Å². The first kappa shape index (κ1) is 20.5. The van der Waals surface area contributed by atoms with Crippen LogP contribution in [0.3, 0.4) is 0 Å². The van der Waals surface area contributed by atoms with Crippen molar-refractivity contribution >= 4 is 28.5 Å². The lowest BCUT2D eigenvalue weighted by molar-refractivity contribution is 0.0714. The molecule has 1 aromatic heterocycles. The molecular weight excluding hydrogens is 422 g/mol. The van der Waals surface area contributed by atoms with Crippen LogP contribution in [0.2, 0.25) is 5.02 Å². The van der Waals surface area contributed by atoms with Gasteiger partial charge in [0.15, 0.2) is 5.43 Å². The molecule has 4 aromatic rings. The molecule has 2 heterocycles. The molecule has 1 amide bonds. The normalized spacial score (nSPS) is 15.6. The van der Waals surface area contributed by atoms with Gasteiger partial charge in [0.1, 0.15) is 5.58 Å². The highest BCUT2D eigenvalue weighted by Crippen LogP contribution is 2.40. The van der Waals surface area contributed by atoms with Crippen molar-refractivity contribution in [2.75, 3.05) is 0 Å². The third kappa shape index (κ3) is 3.32. The smallest absolute Gasteiger partial charge is 0.291 e. The van der Waals surface area contributed by atoms with Crippen molar-refractivity contribution in [2.24, 2.45) is 0 Å². The van der Waals surface area contributed by atoms with Gasteiger partial charge in [0.05, 0.1) is 17.0 Å². The zero-order chi connectivity index (χ0) is 22.4. The maximum absolute atomic E-state index is 13.5. The van der Waals surface area contributed by atoms with Crippen LogP contribution in [0.1, 0.15) is 58.6 Å². The van der Waals surface area contributed by atoms with E-state index >= 15 is 0 Å². The topological polar surface area (TPSA) is 50.5 Å². The van der Waals surface area contributed by atoms with E-state index in [1.807, 2.05) is 30.3 Å². The van der Waals surface area contributed by atoms with E-state index in [0.29, 0.717) is 27.5 Å². The molecule has 1 aliphatic heterocycles. The van der Waals surface area contributed by atoms with Gasteiger partial charge < -0.3 is 9.32 Å². The number of rotatable bonds is 4. The lowest BCUT2D eigenvalue weighted by Gasteiger charge is -2.26. The average Bonchev–Trinajstić information content (AvgIpc) is 3.07. The van der Waals surface area contributed by atoms with Gasteiger partial charge >= 0.3 is 0 Å². The highest BCUT2D eigenvalue weighted by atomic mass is 35.5. The maximum Gasteiger partial charge on any atom is 0.291 e. The number of para-hydroxylation sites is 1. The Labute approximate surface area is 191 Å². The standard InChI is InChI=1S/C27H22ClNO3/c1-16(2)17-11-13-18(14-12-17)24-23-25(30)20-8-4-6-10-22(20)32-26(23)27(31)29(24)15-19-7-3-5-9-21(19)28/h3-14,16,24H,15H2,1-2H3. The van der Waals surface area contributed by atoms with Crippen molar-refractivity contribution in [1.29, 1.82) is 0 Å². The first-order valence-corrected chi connectivity index (χ1v) is 11.0. The zero-order valence-electron chi connectivity index (χ0n) is 17.8.